The SMILES string of the molecule is CC(C)C(CCO)NC(=O)c1sc(NC2CCC2)nc1N. The van der Waals surface area contributed by atoms with Crippen LogP contribution in [0, 0.1) is 5.92 Å². The summed E-state index contributed by atoms with van der Waals surface area (Å²) in [5, 5.41) is 16.0. The molecule has 6 nitrogen and oxygen atoms in total. The fraction of sp³-hybridized carbons (Fsp3) is 0.714. The molecule has 7 heteroatoms. The van der Waals surface area contributed by atoms with Crippen LogP contribution in [0.5, 0.6) is 0 Å². The van der Waals surface area contributed by atoms with Crippen molar-refractivity contribution in [2.24, 2.45) is 5.92 Å². The van der Waals surface area contributed by atoms with Crippen molar-refractivity contribution in [3.63, 3.8) is 0 Å². The summed E-state index contributed by atoms with van der Waals surface area (Å²) in [4.78, 5) is 17.0. The van der Waals surface area contributed by atoms with Gasteiger partial charge >= 0.3 is 0 Å². The van der Waals surface area contributed by atoms with E-state index in [0.29, 0.717) is 22.5 Å². The van der Waals surface area contributed by atoms with Gasteiger partial charge in [0.25, 0.3) is 5.91 Å². The number of nitrogens with one attached hydrogen (secondary N) is 2. The smallest absolute Gasteiger partial charge is 0.265 e. The Bertz CT molecular complexity index is 485. The number of nitrogens with zero attached hydrogens (tertiary/aromatic N) is 1. The number of carbonyl (C=O) groups is 1. The van der Waals surface area contributed by atoms with Gasteiger partial charge in [0.1, 0.15) is 10.7 Å². The van der Waals surface area contributed by atoms with Crippen LogP contribution in [0.25, 0.3) is 0 Å². The Morgan fingerprint density at radius 2 is 2.24 bits per heavy atom. The molecule has 1 aliphatic rings. The van der Waals surface area contributed by atoms with Gasteiger partial charge in [-0.3, -0.25) is 4.79 Å². The van der Waals surface area contributed by atoms with Gasteiger partial charge in [-0.25, -0.2) is 4.98 Å². The molecular formula is C14H24N4O2S. The standard InChI is InChI=1S/C14H24N4O2S/c1-8(2)10(6-7-19)17-13(20)11-12(15)18-14(21-11)16-9-4-3-5-9/h8-10,19H,3-7,15H2,1-2H3,(H,16,18)(H,17,20). The number of carbonyl (C=O) groups excluding carboxylic acids is 1. The predicted octanol–water partition coefficient (Wildman–Crippen LogP) is 1.83. The lowest BCUT2D eigenvalue weighted by Crippen LogP contribution is -2.39. The lowest BCUT2D eigenvalue weighted by Gasteiger charge is -2.25. The predicted molar refractivity (Wildman–Crippen MR) is 85.6 cm³/mol. The average molecular weight is 312 g/mol. The van der Waals surface area contributed by atoms with Crippen molar-refractivity contribution >= 4 is 28.2 Å². The molecule has 0 radical (unpaired) electrons. The summed E-state index contributed by atoms with van der Waals surface area (Å²) in [6.07, 6.45) is 4.07. The van der Waals surface area contributed by atoms with Gasteiger partial charge in [-0.1, -0.05) is 25.2 Å². The molecule has 1 heterocycles. The highest BCUT2D eigenvalue weighted by atomic mass is 32.1. The highest BCUT2D eigenvalue weighted by Gasteiger charge is 2.23. The maximum absolute atomic E-state index is 12.3. The van der Waals surface area contributed by atoms with Crippen LogP contribution in [-0.2, 0) is 0 Å². The lowest BCUT2D eigenvalue weighted by atomic mass is 9.93. The fourth-order valence-electron chi connectivity index (χ4n) is 2.23. The second-order valence-electron chi connectivity index (χ2n) is 5.84. The molecule has 1 unspecified atom stereocenters. The van der Waals surface area contributed by atoms with Gasteiger partial charge in [0.2, 0.25) is 0 Å². The number of thiazole rings is 1. The Kier molecular flexibility index (Phi) is 5.41. The summed E-state index contributed by atoms with van der Waals surface area (Å²) in [6, 6.07) is 0.399. The molecule has 5 N–H and O–H groups in total. The van der Waals surface area contributed by atoms with Crippen molar-refractivity contribution in [3.05, 3.63) is 4.88 Å². The van der Waals surface area contributed by atoms with Crippen molar-refractivity contribution in [2.75, 3.05) is 17.7 Å². The van der Waals surface area contributed by atoms with E-state index in [4.69, 9.17) is 10.8 Å². The molecule has 0 aromatic carbocycles. The largest absolute Gasteiger partial charge is 0.396 e. The molecule has 1 fully saturated rings. The van der Waals surface area contributed by atoms with E-state index in [9.17, 15) is 4.79 Å². The molecule has 118 valence electrons. The summed E-state index contributed by atoms with van der Waals surface area (Å²) in [6.45, 7) is 4.08. The lowest BCUT2D eigenvalue weighted by molar-refractivity contribution is 0.0921. The van der Waals surface area contributed by atoms with Crippen LogP contribution in [0.15, 0.2) is 0 Å². The summed E-state index contributed by atoms with van der Waals surface area (Å²) >= 11 is 1.30. The molecular weight excluding hydrogens is 288 g/mol. The van der Waals surface area contributed by atoms with Gasteiger partial charge in [0.05, 0.1) is 0 Å². The van der Waals surface area contributed by atoms with Crippen LogP contribution in [-0.4, -0.2) is 34.7 Å². The van der Waals surface area contributed by atoms with E-state index in [1.165, 1.54) is 17.8 Å². The quantitative estimate of drug-likeness (QED) is 0.615. The van der Waals surface area contributed by atoms with Crippen LogP contribution in [0.4, 0.5) is 10.9 Å². The van der Waals surface area contributed by atoms with Gasteiger partial charge < -0.3 is 21.5 Å². The van der Waals surface area contributed by atoms with Gasteiger partial charge in [0, 0.05) is 18.7 Å². The minimum atomic E-state index is -0.209. The van der Waals surface area contributed by atoms with Crippen molar-refractivity contribution in [3.8, 4) is 0 Å². The van der Waals surface area contributed by atoms with E-state index in [1.807, 2.05) is 13.8 Å². The van der Waals surface area contributed by atoms with Gasteiger partial charge in [0.15, 0.2) is 5.13 Å². The number of nitrogens with two attached hydrogens (primary N) is 1. The first-order valence-corrected chi connectivity index (χ1v) is 8.27. The monoisotopic (exact) mass is 312 g/mol. The molecule has 1 amide bonds. The van der Waals surface area contributed by atoms with E-state index >= 15 is 0 Å². The highest BCUT2D eigenvalue weighted by Crippen LogP contribution is 2.29. The molecule has 1 aromatic rings. The number of hydrogen-bond donors (Lipinski definition) is 4. The van der Waals surface area contributed by atoms with Crippen molar-refractivity contribution in [2.45, 2.75) is 51.6 Å². The number of aliphatic hydroxyl groups excluding tert-OH is 1. The fourth-order valence-corrected chi connectivity index (χ4v) is 3.09. The van der Waals surface area contributed by atoms with E-state index in [-0.39, 0.29) is 30.3 Å². The molecule has 1 aliphatic carbocycles. The molecule has 1 aromatic heterocycles. The number of rotatable bonds is 7. The Morgan fingerprint density at radius 1 is 1.52 bits per heavy atom. The van der Waals surface area contributed by atoms with E-state index in [1.54, 1.807) is 0 Å². The third-order valence-electron chi connectivity index (χ3n) is 3.85. The second kappa shape index (κ2) is 7.09. The minimum absolute atomic E-state index is 0.0514. The van der Waals surface area contributed by atoms with Crippen molar-refractivity contribution in [1.82, 2.24) is 10.3 Å². The molecule has 0 saturated heterocycles. The molecule has 21 heavy (non-hydrogen) atoms. The first kappa shape index (κ1) is 16.0. The Balaban J connectivity index is 2.00. The normalized spacial score (nSPS) is 16.6. The van der Waals surface area contributed by atoms with Gasteiger partial charge in [-0.2, -0.15) is 0 Å². The van der Waals surface area contributed by atoms with E-state index in [0.717, 1.165) is 12.8 Å². The Morgan fingerprint density at radius 3 is 2.76 bits per heavy atom. The molecule has 2 rings (SSSR count). The summed E-state index contributed by atoms with van der Waals surface area (Å²) in [5.74, 6) is 0.312. The van der Waals surface area contributed by atoms with E-state index < -0.39 is 0 Å². The summed E-state index contributed by atoms with van der Waals surface area (Å²) < 4.78 is 0. The second-order valence-corrected chi connectivity index (χ2v) is 6.84. The first-order chi connectivity index (χ1) is 10.0. The third kappa shape index (κ3) is 4.07. The number of aliphatic hydroxyl groups is 1. The zero-order valence-corrected chi connectivity index (χ0v) is 13.4. The number of aromatic nitrogens is 1. The first-order valence-electron chi connectivity index (χ1n) is 7.45. The molecule has 0 bridgehead atoms. The summed E-state index contributed by atoms with van der Waals surface area (Å²) in [7, 11) is 0. The highest BCUT2D eigenvalue weighted by molar-refractivity contribution is 7.18. The molecule has 0 aliphatic heterocycles. The maximum atomic E-state index is 12.3. The number of anilines is 2. The van der Waals surface area contributed by atoms with Crippen LogP contribution in [0.2, 0.25) is 0 Å². The Hall–Kier alpha value is -1.34. The molecule has 1 atom stereocenters. The molecule has 0 spiro atoms. The minimum Gasteiger partial charge on any atom is -0.396 e. The Labute approximate surface area is 129 Å². The zero-order valence-electron chi connectivity index (χ0n) is 12.6. The van der Waals surface area contributed by atoms with Crippen LogP contribution in [0.1, 0.15) is 49.2 Å². The average Bonchev–Trinajstić information content (AvgIpc) is 2.74. The van der Waals surface area contributed by atoms with Gasteiger partial charge in [-0.15, -0.1) is 0 Å². The topological polar surface area (TPSA) is 100 Å². The molecule has 1 saturated carbocycles. The summed E-state index contributed by atoms with van der Waals surface area (Å²) in [5.41, 5.74) is 5.85. The van der Waals surface area contributed by atoms with Crippen molar-refractivity contribution < 1.29 is 9.90 Å². The van der Waals surface area contributed by atoms with Crippen LogP contribution in [0.3, 0.4) is 0 Å². The van der Waals surface area contributed by atoms with Crippen molar-refractivity contribution in [1.29, 1.82) is 0 Å². The number of nitrogen functional groups attached to an aromatic ring is 1. The third-order valence-corrected chi connectivity index (χ3v) is 4.85. The zero-order chi connectivity index (χ0) is 15.4. The van der Waals surface area contributed by atoms with Crippen LogP contribution >= 0.6 is 11.3 Å². The van der Waals surface area contributed by atoms with E-state index in [2.05, 4.69) is 15.6 Å². The number of hydrogen-bond acceptors (Lipinski definition) is 6. The van der Waals surface area contributed by atoms with Crippen LogP contribution < -0.4 is 16.4 Å². The number of amides is 1. The van der Waals surface area contributed by atoms with Gasteiger partial charge in [-0.05, 0) is 31.6 Å². The maximum Gasteiger partial charge on any atom is 0.265 e.